The van der Waals surface area contributed by atoms with Gasteiger partial charge in [0.1, 0.15) is 0 Å². The normalized spacial score (nSPS) is 11.9. The molecular weight excluding hydrogens is 220 g/mol. The summed E-state index contributed by atoms with van der Waals surface area (Å²) in [4.78, 5) is 0. The van der Waals surface area contributed by atoms with Crippen LogP contribution >= 0.6 is 0 Å². The van der Waals surface area contributed by atoms with E-state index >= 15 is 0 Å². The van der Waals surface area contributed by atoms with Crippen molar-refractivity contribution < 1.29 is 5.11 Å². The smallest absolute Gasteiger partial charge is 0.0791 e. The highest BCUT2D eigenvalue weighted by molar-refractivity contribution is 5.80. The van der Waals surface area contributed by atoms with Gasteiger partial charge in [0, 0.05) is 0 Å². The summed E-state index contributed by atoms with van der Waals surface area (Å²) in [6, 6.07) is 18.5. The molecule has 0 spiro atoms. The van der Waals surface area contributed by atoms with Crippen LogP contribution in [0.1, 0.15) is 16.7 Å². The number of hydrogen-bond donors (Lipinski definition) is 1. The molecule has 0 saturated carbocycles. The van der Waals surface area contributed by atoms with E-state index in [1.54, 1.807) is 6.08 Å². The Bertz CT molecular complexity index is 548. The number of allylic oxidation sites excluding steroid dienone is 2. The Morgan fingerprint density at radius 1 is 0.889 bits per heavy atom. The molecule has 18 heavy (non-hydrogen) atoms. The van der Waals surface area contributed by atoms with E-state index in [4.69, 9.17) is 5.11 Å². The van der Waals surface area contributed by atoms with Gasteiger partial charge < -0.3 is 5.11 Å². The lowest BCUT2D eigenvalue weighted by Gasteiger charge is -2.08. The molecule has 0 fully saturated rings. The third-order valence-electron chi connectivity index (χ3n) is 2.80. The molecule has 2 aromatic carbocycles. The summed E-state index contributed by atoms with van der Waals surface area (Å²) >= 11 is 0. The van der Waals surface area contributed by atoms with Gasteiger partial charge in [0.05, 0.1) is 6.26 Å². The van der Waals surface area contributed by atoms with Gasteiger partial charge in [-0.25, -0.2) is 0 Å². The topological polar surface area (TPSA) is 20.2 Å². The monoisotopic (exact) mass is 236 g/mol. The zero-order chi connectivity index (χ0) is 12.8. The molecule has 0 amide bonds. The van der Waals surface area contributed by atoms with Crippen molar-refractivity contribution >= 4 is 5.57 Å². The second-order valence-corrected chi connectivity index (χ2v) is 4.15. The molecule has 0 bridgehead atoms. The summed E-state index contributed by atoms with van der Waals surface area (Å²) in [5.41, 5.74) is 4.62. The fraction of sp³-hybridized carbons (Fsp3) is 0.0588. The lowest BCUT2D eigenvalue weighted by atomic mass is 9.97. The number of aryl methyl sites for hydroxylation is 1. The van der Waals surface area contributed by atoms with Gasteiger partial charge >= 0.3 is 0 Å². The minimum Gasteiger partial charge on any atom is -0.516 e. The predicted octanol–water partition coefficient (Wildman–Crippen LogP) is 4.50. The molecule has 0 aliphatic carbocycles. The zero-order valence-corrected chi connectivity index (χ0v) is 10.4. The minimum atomic E-state index is 1.05. The summed E-state index contributed by atoms with van der Waals surface area (Å²) in [5.74, 6) is 0. The lowest BCUT2D eigenvalue weighted by Crippen LogP contribution is -1.87. The first-order chi connectivity index (χ1) is 8.81. The quantitative estimate of drug-likeness (QED) is 0.614. The number of aliphatic hydroxyl groups is 1. The molecule has 0 heterocycles. The van der Waals surface area contributed by atoms with Gasteiger partial charge in [0.15, 0.2) is 0 Å². The van der Waals surface area contributed by atoms with Crippen LogP contribution in [0, 0.1) is 6.92 Å². The molecule has 2 rings (SSSR count). The third-order valence-corrected chi connectivity index (χ3v) is 2.80. The second-order valence-electron chi connectivity index (χ2n) is 4.15. The summed E-state index contributed by atoms with van der Waals surface area (Å²) in [6.07, 6.45) is 4.61. The number of hydrogen-bond acceptors (Lipinski definition) is 1. The molecule has 0 saturated heterocycles. The molecule has 1 N–H and O–H groups in total. The molecule has 0 aromatic heterocycles. The van der Waals surface area contributed by atoms with E-state index in [0.29, 0.717) is 0 Å². The van der Waals surface area contributed by atoms with Crippen LogP contribution in [0.25, 0.3) is 5.57 Å². The SMILES string of the molecule is Cc1ccc(C(=CC=CO)c2ccccc2)cc1. The Morgan fingerprint density at radius 2 is 1.50 bits per heavy atom. The van der Waals surface area contributed by atoms with Gasteiger partial charge in [-0.05, 0) is 29.7 Å². The van der Waals surface area contributed by atoms with E-state index in [1.807, 2.05) is 24.3 Å². The first-order valence-electron chi connectivity index (χ1n) is 5.95. The van der Waals surface area contributed by atoms with Crippen molar-refractivity contribution in [1.29, 1.82) is 0 Å². The summed E-state index contributed by atoms with van der Waals surface area (Å²) in [5, 5.41) is 8.83. The van der Waals surface area contributed by atoms with Gasteiger partial charge in [0.2, 0.25) is 0 Å². The van der Waals surface area contributed by atoms with E-state index in [-0.39, 0.29) is 0 Å². The fourth-order valence-corrected chi connectivity index (χ4v) is 1.85. The molecule has 0 radical (unpaired) electrons. The summed E-state index contributed by atoms with van der Waals surface area (Å²) < 4.78 is 0. The molecule has 2 aromatic rings. The van der Waals surface area contributed by atoms with E-state index in [2.05, 4.69) is 43.3 Å². The number of rotatable bonds is 3. The molecule has 0 aliphatic rings. The highest BCUT2D eigenvalue weighted by atomic mass is 16.2. The Kier molecular flexibility index (Phi) is 3.98. The molecule has 1 heteroatoms. The zero-order valence-electron chi connectivity index (χ0n) is 10.4. The molecule has 0 aliphatic heterocycles. The van der Waals surface area contributed by atoms with E-state index in [9.17, 15) is 0 Å². The van der Waals surface area contributed by atoms with Crippen LogP contribution < -0.4 is 0 Å². The molecular formula is C17H16O. The van der Waals surface area contributed by atoms with Crippen molar-refractivity contribution in [3.8, 4) is 0 Å². The number of aliphatic hydroxyl groups excluding tert-OH is 1. The van der Waals surface area contributed by atoms with Crippen molar-refractivity contribution in [2.75, 3.05) is 0 Å². The van der Waals surface area contributed by atoms with Crippen LogP contribution in [0.5, 0.6) is 0 Å². The standard InChI is InChI=1S/C17H16O/c1-14-9-11-16(12-10-14)17(8-5-13-18)15-6-3-2-4-7-15/h2-13,18H,1H3. The highest BCUT2D eigenvalue weighted by Crippen LogP contribution is 2.23. The van der Waals surface area contributed by atoms with Crippen molar-refractivity contribution in [3.05, 3.63) is 89.7 Å². The maximum Gasteiger partial charge on any atom is 0.0791 e. The Labute approximate surface area is 108 Å². The van der Waals surface area contributed by atoms with Crippen molar-refractivity contribution in [3.63, 3.8) is 0 Å². The van der Waals surface area contributed by atoms with Crippen LogP contribution in [0.4, 0.5) is 0 Å². The maximum atomic E-state index is 8.83. The van der Waals surface area contributed by atoms with Gasteiger partial charge in [-0.15, -0.1) is 0 Å². The summed E-state index contributed by atoms with van der Waals surface area (Å²) in [6.45, 7) is 2.07. The van der Waals surface area contributed by atoms with E-state index in [1.165, 1.54) is 5.56 Å². The molecule has 0 unspecified atom stereocenters. The average molecular weight is 236 g/mol. The van der Waals surface area contributed by atoms with Crippen LogP contribution in [0.15, 0.2) is 73.0 Å². The van der Waals surface area contributed by atoms with E-state index in [0.717, 1.165) is 23.0 Å². The fourth-order valence-electron chi connectivity index (χ4n) is 1.85. The third kappa shape index (κ3) is 2.89. The van der Waals surface area contributed by atoms with Crippen LogP contribution in [-0.2, 0) is 0 Å². The first kappa shape index (κ1) is 12.2. The van der Waals surface area contributed by atoms with Crippen molar-refractivity contribution in [2.24, 2.45) is 0 Å². The minimum absolute atomic E-state index is 1.05. The predicted molar refractivity (Wildman–Crippen MR) is 76.5 cm³/mol. The van der Waals surface area contributed by atoms with Crippen LogP contribution in [0.2, 0.25) is 0 Å². The van der Waals surface area contributed by atoms with Crippen LogP contribution in [-0.4, -0.2) is 5.11 Å². The average Bonchev–Trinajstić information content (AvgIpc) is 2.42. The van der Waals surface area contributed by atoms with Gasteiger partial charge in [0.25, 0.3) is 0 Å². The molecule has 1 nitrogen and oxygen atoms in total. The first-order valence-corrected chi connectivity index (χ1v) is 5.95. The van der Waals surface area contributed by atoms with Crippen LogP contribution in [0.3, 0.4) is 0 Å². The van der Waals surface area contributed by atoms with E-state index < -0.39 is 0 Å². The van der Waals surface area contributed by atoms with Gasteiger partial charge in [-0.3, -0.25) is 0 Å². The second kappa shape index (κ2) is 5.87. The maximum absolute atomic E-state index is 8.83. The Balaban J connectivity index is 2.47. The Hall–Kier alpha value is -2.28. The number of benzene rings is 2. The molecule has 0 atom stereocenters. The lowest BCUT2D eigenvalue weighted by molar-refractivity contribution is 0.474. The summed E-state index contributed by atoms with van der Waals surface area (Å²) in [7, 11) is 0. The Morgan fingerprint density at radius 3 is 2.11 bits per heavy atom. The van der Waals surface area contributed by atoms with Gasteiger partial charge in [-0.1, -0.05) is 66.2 Å². The highest BCUT2D eigenvalue weighted by Gasteiger charge is 2.03. The van der Waals surface area contributed by atoms with Crippen molar-refractivity contribution in [2.45, 2.75) is 6.92 Å². The largest absolute Gasteiger partial charge is 0.516 e. The van der Waals surface area contributed by atoms with Crippen molar-refractivity contribution in [1.82, 2.24) is 0 Å². The molecule has 90 valence electrons. The van der Waals surface area contributed by atoms with Gasteiger partial charge in [-0.2, -0.15) is 0 Å².